The van der Waals surface area contributed by atoms with Crippen LogP contribution in [0.15, 0.2) is 36.4 Å². The summed E-state index contributed by atoms with van der Waals surface area (Å²) in [5.74, 6) is 0.804. The molecule has 0 aliphatic carbocycles. The monoisotopic (exact) mass is 211 g/mol. The summed E-state index contributed by atoms with van der Waals surface area (Å²) in [6, 6.07) is 13.1. The van der Waals surface area contributed by atoms with E-state index in [1.54, 1.807) is 0 Å². The smallest absolute Gasteiger partial charge is 0.0254 e. The molecule has 1 aromatic carbocycles. The van der Waals surface area contributed by atoms with Gasteiger partial charge < -0.3 is 4.57 Å². The first kappa shape index (κ1) is 9.71. The van der Waals surface area contributed by atoms with Crippen LogP contribution >= 0.6 is 0 Å². The summed E-state index contributed by atoms with van der Waals surface area (Å²) in [6.45, 7) is 5.76. The van der Waals surface area contributed by atoms with Crippen LogP contribution in [0, 0.1) is 12.8 Å². The van der Waals surface area contributed by atoms with Crippen LogP contribution in [0.5, 0.6) is 0 Å². The van der Waals surface area contributed by atoms with Crippen molar-refractivity contribution >= 4 is 0 Å². The molecule has 0 saturated carbocycles. The molecule has 1 unspecified atom stereocenters. The van der Waals surface area contributed by atoms with Gasteiger partial charge in [0.1, 0.15) is 0 Å². The van der Waals surface area contributed by atoms with E-state index in [2.05, 4.69) is 54.8 Å². The van der Waals surface area contributed by atoms with E-state index in [0.717, 1.165) is 5.92 Å². The van der Waals surface area contributed by atoms with E-state index in [0.29, 0.717) is 0 Å². The van der Waals surface area contributed by atoms with Gasteiger partial charge in [-0.15, -0.1) is 0 Å². The lowest BCUT2D eigenvalue weighted by molar-refractivity contribution is 0.558. The zero-order chi connectivity index (χ0) is 11.1. The van der Waals surface area contributed by atoms with Gasteiger partial charge in [-0.05, 0) is 30.9 Å². The first-order chi connectivity index (χ1) is 7.75. The average Bonchev–Trinajstić information content (AvgIpc) is 2.79. The SMILES string of the molecule is Cc1c(-c2ccccc2)cc2n1CC(C)C2. The van der Waals surface area contributed by atoms with Crippen LogP contribution in [0.1, 0.15) is 18.3 Å². The highest BCUT2D eigenvalue weighted by Gasteiger charge is 2.21. The van der Waals surface area contributed by atoms with Gasteiger partial charge in [0.15, 0.2) is 0 Å². The Labute approximate surface area is 96.7 Å². The van der Waals surface area contributed by atoms with E-state index in [-0.39, 0.29) is 0 Å². The van der Waals surface area contributed by atoms with Crippen molar-refractivity contribution in [1.82, 2.24) is 4.57 Å². The zero-order valence-corrected chi connectivity index (χ0v) is 9.90. The fourth-order valence-electron chi connectivity index (χ4n) is 2.78. The Morgan fingerprint density at radius 3 is 2.62 bits per heavy atom. The number of hydrogen-bond acceptors (Lipinski definition) is 0. The molecule has 2 heterocycles. The predicted molar refractivity (Wildman–Crippen MR) is 67.5 cm³/mol. The van der Waals surface area contributed by atoms with Crippen LogP contribution in [0.2, 0.25) is 0 Å². The molecule has 3 rings (SSSR count). The van der Waals surface area contributed by atoms with Crippen molar-refractivity contribution < 1.29 is 0 Å². The Balaban J connectivity index is 2.09. The number of hydrogen-bond donors (Lipinski definition) is 0. The molecule has 1 aliphatic rings. The van der Waals surface area contributed by atoms with Gasteiger partial charge in [-0.3, -0.25) is 0 Å². The summed E-state index contributed by atoms with van der Waals surface area (Å²) in [5, 5.41) is 0. The van der Waals surface area contributed by atoms with Crippen LogP contribution in [0.4, 0.5) is 0 Å². The third-order valence-electron chi connectivity index (χ3n) is 3.59. The van der Waals surface area contributed by atoms with Crippen molar-refractivity contribution in [2.75, 3.05) is 0 Å². The molecule has 0 amide bonds. The number of aromatic nitrogens is 1. The number of rotatable bonds is 1. The highest BCUT2D eigenvalue weighted by atomic mass is 15.0. The van der Waals surface area contributed by atoms with Crippen LogP contribution in [0.25, 0.3) is 11.1 Å². The predicted octanol–water partition coefficient (Wildman–Crippen LogP) is 3.66. The third-order valence-corrected chi connectivity index (χ3v) is 3.59. The Morgan fingerprint density at radius 2 is 1.94 bits per heavy atom. The quantitative estimate of drug-likeness (QED) is 0.678. The zero-order valence-electron chi connectivity index (χ0n) is 9.90. The van der Waals surface area contributed by atoms with Gasteiger partial charge in [-0.2, -0.15) is 0 Å². The molecule has 0 spiro atoms. The molecule has 0 bridgehead atoms. The molecule has 0 fully saturated rings. The largest absolute Gasteiger partial charge is 0.348 e. The van der Waals surface area contributed by atoms with E-state index in [9.17, 15) is 0 Å². The lowest BCUT2D eigenvalue weighted by atomic mass is 10.0. The normalized spacial score (nSPS) is 18.8. The maximum absolute atomic E-state index is 2.48. The maximum Gasteiger partial charge on any atom is 0.0254 e. The Bertz CT molecular complexity index is 508. The second kappa shape index (κ2) is 3.51. The molecule has 1 aromatic heterocycles. The van der Waals surface area contributed by atoms with Gasteiger partial charge in [0.2, 0.25) is 0 Å². The van der Waals surface area contributed by atoms with Crippen LogP contribution in [-0.4, -0.2) is 4.57 Å². The van der Waals surface area contributed by atoms with Crippen molar-refractivity contribution in [3.63, 3.8) is 0 Å². The topological polar surface area (TPSA) is 4.93 Å². The fourth-order valence-corrected chi connectivity index (χ4v) is 2.78. The fraction of sp³-hybridized carbons (Fsp3) is 0.333. The van der Waals surface area contributed by atoms with E-state index in [1.165, 1.54) is 35.5 Å². The standard InChI is InChI=1S/C15H17N/c1-11-8-14-9-15(12(2)16(14)10-11)13-6-4-3-5-7-13/h3-7,9,11H,8,10H2,1-2H3. The maximum atomic E-state index is 2.48. The molecule has 0 saturated heterocycles. The summed E-state index contributed by atoms with van der Waals surface area (Å²) in [6.07, 6.45) is 1.23. The molecular formula is C15H17N. The van der Waals surface area contributed by atoms with Gasteiger partial charge in [0, 0.05) is 23.5 Å². The van der Waals surface area contributed by atoms with Crippen molar-refractivity contribution in [3.8, 4) is 11.1 Å². The molecule has 1 aliphatic heterocycles. The van der Waals surface area contributed by atoms with Crippen molar-refractivity contribution in [1.29, 1.82) is 0 Å². The molecule has 16 heavy (non-hydrogen) atoms. The van der Waals surface area contributed by atoms with Gasteiger partial charge in [-0.25, -0.2) is 0 Å². The van der Waals surface area contributed by atoms with Crippen LogP contribution in [-0.2, 0) is 13.0 Å². The minimum atomic E-state index is 0.804. The summed E-state index contributed by atoms with van der Waals surface area (Å²) < 4.78 is 2.48. The lowest BCUT2D eigenvalue weighted by Gasteiger charge is -2.06. The van der Waals surface area contributed by atoms with E-state index >= 15 is 0 Å². The number of fused-ring (bicyclic) bond motifs is 1. The molecule has 0 radical (unpaired) electrons. The van der Waals surface area contributed by atoms with Crippen LogP contribution in [0.3, 0.4) is 0 Å². The molecule has 0 N–H and O–H groups in total. The molecule has 82 valence electrons. The second-order valence-electron chi connectivity index (χ2n) is 4.92. The number of benzene rings is 1. The van der Waals surface area contributed by atoms with Gasteiger partial charge in [-0.1, -0.05) is 37.3 Å². The van der Waals surface area contributed by atoms with E-state index in [4.69, 9.17) is 0 Å². The molecule has 1 nitrogen and oxygen atoms in total. The average molecular weight is 211 g/mol. The minimum Gasteiger partial charge on any atom is -0.348 e. The summed E-state index contributed by atoms with van der Waals surface area (Å²) in [5.41, 5.74) is 5.67. The summed E-state index contributed by atoms with van der Waals surface area (Å²) >= 11 is 0. The second-order valence-corrected chi connectivity index (χ2v) is 4.92. The number of nitrogens with zero attached hydrogens (tertiary/aromatic N) is 1. The van der Waals surface area contributed by atoms with Gasteiger partial charge in [0.25, 0.3) is 0 Å². The first-order valence-corrected chi connectivity index (χ1v) is 6.00. The Hall–Kier alpha value is -1.50. The first-order valence-electron chi connectivity index (χ1n) is 6.00. The third kappa shape index (κ3) is 1.39. The molecule has 1 heteroatoms. The van der Waals surface area contributed by atoms with Crippen molar-refractivity contribution in [3.05, 3.63) is 47.8 Å². The van der Waals surface area contributed by atoms with Crippen molar-refractivity contribution in [2.24, 2.45) is 5.92 Å². The summed E-state index contributed by atoms with van der Waals surface area (Å²) in [4.78, 5) is 0. The highest BCUT2D eigenvalue weighted by Crippen LogP contribution is 2.32. The highest BCUT2D eigenvalue weighted by molar-refractivity contribution is 5.67. The van der Waals surface area contributed by atoms with Gasteiger partial charge >= 0.3 is 0 Å². The minimum absolute atomic E-state index is 0.804. The van der Waals surface area contributed by atoms with Crippen molar-refractivity contribution in [2.45, 2.75) is 26.8 Å². The van der Waals surface area contributed by atoms with E-state index in [1.807, 2.05) is 0 Å². The Kier molecular flexibility index (Phi) is 2.13. The van der Waals surface area contributed by atoms with Gasteiger partial charge in [0.05, 0.1) is 0 Å². The molecule has 2 aromatic rings. The molecule has 1 atom stereocenters. The Morgan fingerprint density at radius 1 is 1.19 bits per heavy atom. The van der Waals surface area contributed by atoms with E-state index < -0.39 is 0 Å². The van der Waals surface area contributed by atoms with Crippen LogP contribution < -0.4 is 0 Å². The lowest BCUT2D eigenvalue weighted by Crippen LogP contribution is -1.99. The summed E-state index contributed by atoms with van der Waals surface area (Å²) in [7, 11) is 0. The molecular weight excluding hydrogens is 194 g/mol.